The highest BCUT2D eigenvalue weighted by Gasteiger charge is 2.53. The summed E-state index contributed by atoms with van der Waals surface area (Å²) in [5.74, 6) is 0. The summed E-state index contributed by atoms with van der Waals surface area (Å²) in [7, 11) is 0. The summed E-state index contributed by atoms with van der Waals surface area (Å²) in [6, 6.07) is 70.2. The lowest BCUT2D eigenvalue weighted by Crippen LogP contribution is -2.29. The van der Waals surface area contributed by atoms with E-state index in [0.717, 1.165) is 11.4 Å². The van der Waals surface area contributed by atoms with Gasteiger partial charge in [0, 0.05) is 16.7 Å². The number of anilines is 3. The molecule has 3 aliphatic rings. The first kappa shape index (κ1) is 30.2. The van der Waals surface area contributed by atoms with Crippen molar-refractivity contribution in [3.63, 3.8) is 0 Å². The summed E-state index contributed by atoms with van der Waals surface area (Å²) in [5, 5.41) is 0. The highest BCUT2D eigenvalue weighted by Crippen LogP contribution is 2.66. The topological polar surface area (TPSA) is 3.24 Å². The fourth-order valence-electron chi connectivity index (χ4n) is 10.1. The highest BCUT2D eigenvalue weighted by molar-refractivity contribution is 6.01. The van der Waals surface area contributed by atoms with E-state index >= 15 is 0 Å². The summed E-state index contributed by atoms with van der Waals surface area (Å²) in [6.45, 7) is 4.75. The molecule has 0 fully saturated rings. The Hall–Kier alpha value is -6.44. The Bertz CT molecular complexity index is 2700. The first-order chi connectivity index (χ1) is 26.1. The van der Waals surface area contributed by atoms with Crippen molar-refractivity contribution in [3.05, 3.63) is 221 Å². The normalized spacial score (nSPS) is 14.5. The van der Waals surface area contributed by atoms with Gasteiger partial charge in [0.15, 0.2) is 0 Å². The summed E-state index contributed by atoms with van der Waals surface area (Å²) in [4.78, 5) is 2.55. The van der Waals surface area contributed by atoms with Gasteiger partial charge >= 0.3 is 0 Å². The summed E-state index contributed by atoms with van der Waals surface area (Å²) < 4.78 is 0. The van der Waals surface area contributed by atoms with Crippen LogP contribution in [0.25, 0.3) is 44.5 Å². The number of para-hydroxylation sites is 2. The molecule has 0 spiro atoms. The van der Waals surface area contributed by atoms with Gasteiger partial charge in [0.1, 0.15) is 0 Å². The Morgan fingerprint density at radius 1 is 0.340 bits per heavy atom. The molecule has 0 aromatic heterocycles. The molecule has 8 aromatic carbocycles. The first-order valence-corrected chi connectivity index (χ1v) is 18.7. The second-order valence-electron chi connectivity index (χ2n) is 15.2. The van der Waals surface area contributed by atoms with Gasteiger partial charge < -0.3 is 4.90 Å². The number of rotatable bonds is 5. The first-order valence-electron chi connectivity index (χ1n) is 18.7. The smallest absolute Gasteiger partial charge is 0.0745 e. The van der Waals surface area contributed by atoms with Crippen LogP contribution >= 0.6 is 0 Å². The number of nitrogens with zero attached hydrogens (tertiary/aromatic N) is 1. The second kappa shape index (κ2) is 11.0. The van der Waals surface area contributed by atoms with Crippen molar-refractivity contribution in [1.82, 2.24) is 0 Å². The minimum Gasteiger partial charge on any atom is -0.310 e. The van der Waals surface area contributed by atoms with E-state index in [1.165, 1.54) is 83.6 Å². The lowest BCUT2D eigenvalue weighted by molar-refractivity contribution is 0.660. The maximum atomic E-state index is 2.55. The molecule has 0 unspecified atom stereocenters. The molecule has 0 aliphatic heterocycles. The largest absolute Gasteiger partial charge is 0.310 e. The third kappa shape index (κ3) is 3.97. The predicted molar refractivity (Wildman–Crippen MR) is 220 cm³/mol. The second-order valence-corrected chi connectivity index (χ2v) is 15.2. The average Bonchev–Trinajstić information content (AvgIpc) is 3.78. The molecule has 8 aromatic rings. The molecular weight excluding hydrogens is 639 g/mol. The SMILES string of the molecule is CC1(C)c2ccccc2-c2ccc(N(c3ccccc3-c3ccccc3)c3ccccc3C34c5ccccc5-c5cccc(c53)-c3ccccc34)cc21. The zero-order valence-corrected chi connectivity index (χ0v) is 29.8. The van der Waals surface area contributed by atoms with Crippen LogP contribution in [0.5, 0.6) is 0 Å². The standard InChI is InChI=1S/C52H37N/c1-51(2)43-25-10-6-20-37(43)40-32-31-35(33-47(40)51)53(48-29-14-9-19-36(48)34-17-4-3-5-18-34)49-30-15-13-28-46(49)52-44-26-11-7-21-38(44)41-23-16-24-42(50(41)52)39-22-8-12-27-45(39)52/h3-33H,1-2H3. The van der Waals surface area contributed by atoms with Crippen molar-refractivity contribution in [3.8, 4) is 44.5 Å². The Labute approximate surface area is 311 Å². The summed E-state index contributed by atoms with van der Waals surface area (Å²) in [5.41, 5.74) is 21.4. The van der Waals surface area contributed by atoms with Crippen LogP contribution in [0.15, 0.2) is 188 Å². The number of hydrogen-bond donors (Lipinski definition) is 0. The lowest BCUT2D eigenvalue weighted by atomic mass is 9.69. The number of fused-ring (bicyclic) bond motifs is 9. The molecule has 0 saturated carbocycles. The third-order valence-electron chi connectivity index (χ3n) is 12.3. The average molecular weight is 676 g/mol. The third-order valence-corrected chi connectivity index (χ3v) is 12.3. The predicted octanol–water partition coefficient (Wildman–Crippen LogP) is 13.5. The van der Waals surface area contributed by atoms with Crippen LogP contribution < -0.4 is 4.90 Å². The van der Waals surface area contributed by atoms with E-state index in [0.29, 0.717) is 0 Å². The quantitative estimate of drug-likeness (QED) is 0.175. The lowest BCUT2D eigenvalue weighted by Gasteiger charge is -2.37. The van der Waals surface area contributed by atoms with Gasteiger partial charge in [0.05, 0.1) is 16.8 Å². The van der Waals surface area contributed by atoms with E-state index in [1.54, 1.807) is 0 Å². The monoisotopic (exact) mass is 675 g/mol. The van der Waals surface area contributed by atoms with Gasteiger partial charge in [-0.1, -0.05) is 178 Å². The van der Waals surface area contributed by atoms with E-state index < -0.39 is 5.41 Å². The molecule has 11 rings (SSSR count). The van der Waals surface area contributed by atoms with E-state index in [-0.39, 0.29) is 5.41 Å². The Kier molecular flexibility index (Phi) is 6.29. The molecule has 53 heavy (non-hydrogen) atoms. The van der Waals surface area contributed by atoms with E-state index in [4.69, 9.17) is 0 Å². The Morgan fingerprint density at radius 2 is 0.811 bits per heavy atom. The van der Waals surface area contributed by atoms with E-state index in [2.05, 4.69) is 207 Å². The molecular formula is C52H37N. The molecule has 0 amide bonds. The molecule has 3 aliphatic carbocycles. The number of hydrogen-bond acceptors (Lipinski definition) is 1. The van der Waals surface area contributed by atoms with Crippen LogP contribution in [0, 0.1) is 0 Å². The van der Waals surface area contributed by atoms with Crippen LogP contribution in [-0.4, -0.2) is 0 Å². The van der Waals surface area contributed by atoms with Crippen molar-refractivity contribution in [2.24, 2.45) is 0 Å². The fourth-order valence-corrected chi connectivity index (χ4v) is 10.1. The minimum absolute atomic E-state index is 0.132. The zero-order valence-electron chi connectivity index (χ0n) is 29.8. The minimum atomic E-state index is -0.484. The molecule has 0 heterocycles. The van der Waals surface area contributed by atoms with Gasteiger partial charge in [-0.15, -0.1) is 0 Å². The Balaban J connectivity index is 1.24. The van der Waals surface area contributed by atoms with Crippen LogP contribution in [0.3, 0.4) is 0 Å². The van der Waals surface area contributed by atoms with Gasteiger partial charge in [-0.25, -0.2) is 0 Å². The van der Waals surface area contributed by atoms with Gasteiger partial charge in [-0.3, -0.25) is 0 Å². The van der Waals surface area contributed by atoms with Gasteiger partial charge in [-0.05, 0) is 96.6 Å². The van der Waals surface area contributed by atoms with Crippen molar-refractivity contribution in [2.45, 2.75) is 24.7 Å². The Morgan fingerprint density at radius 3 is 1.47 bits per heavy atom. The molecule has 0 radical (unpaired) electrons. The van der Waals surface area contributed by atoms with Crippen LogP contribution in [0.1, 0.15) is 47.2 Å². The van der Waals surface area contributed by atoms with Crippen LogP contribution in [0.2, 0.25) is 0 Å². The van der Waals surface area contributed by atoms with Crippen molar-refractivity contribution >= 4 is 17.1 Å². The molecule has 0 N–H and O–H groups in total. The molecule has 0 bridgehead atoms. The zero-order chi connectivity index (χ0) is 35.3. The maximum absolute atomic E-state index is 2.55. The van der Waals surface area contributed by atoms with Crippen LogP contribution in [-0.2, 0) is 10.8 Å². The molecule has 1 heteroatoms. The molecule has 0 atom stereocenters. The fraction of sp³-hybridized carbons (Fsp3) is 0.0769. The summed E-state index contributed by atoms with van der Waals surface area (Å²) >= 11 is 0. The van der Waals surface area contributed by atoms with Crippen molar-refractivity contribution < 1.29 is 0 Å². The van der Waals surface area contributed by atoms with Crippen LogP contribution in [0.4, 0.5) is 17.1 Å². The number of benzene rings is 8. The molecule has 1 nitrogen and oxygen atoms in total. The van der Waals surface area contributed by atoms with E-state index in [1.807, 2.05) is 0 Å². The van der Waals surface area contributed by atoms with Gasteiger partial charge in [-0.2, -0.15) is 0 Å². The molecule has 250 valence electrons. The van der Waals surface area contributed by atoms with E-state index in [9.17, 15) is 0 Å². The maximum Gasteiger partial charge on any atom is 0.0745 e. The van der Waals surface area contributed by atoms with Crippen molar-refractivity contribution in [2.75, 3.05) is 4.90 Å². The van der Waals surface area contributed by atoms with Crippen molar-refractivity contribution in [1.29, 1.82) is 0 Å². The van der Waals surface area contributed by atoms with Gasteiger partial charge in [0.2, 0.25) is 0 Å². The summed E-state index contributed by atoms with van der Waals surface area (Å²) in [6.07, 6.45) is 0. The highest BCUT2D eigenvalue weighted by atomic mass is 15.1. The molecule has 0 saturated heterocycles. The van der Waals surface area contributed by atoms with Gasteiger partial charge in [0.25, 0.3) is 0 Å².